The molecule has 1 atom stereocenters. The zero-order chi connectivity index (χ0) is 27.9. The second-order valence-corrected chi connectivity index (χ2v) is 14.9. The Kier molecular flexibility index (Phi) is 12.0. The Morgan fingerprint density at radius 1 is 0.811 bits per heavy atom. The average molecular weight is 523 g/mol. The molecule has 3 aliphatic rings. The molecule has 37 heavy (non-hydrogen) atoms. The van der Waals surface area contributed by atoms with Crippen molar-refractivity contribution < 1.29 is 14.6 Å². The summed E-state index contributed by atoms with van der Waals surface area (Å²) in [6, 6.07) is 0. The lowest BCUT2D eigenvalue weighted by Crippen LogP contribution is -2.65. The Balaban J connectivity index is 0.00000112. The van der Waals surface area contributed by atoms with Gasteiger partial charge in [0.2, 0.25) is 0 Å². The molecule has 1 amide bonds. The number of amides is 1. The first-order chi connectivity index (χ1) is 17.1. The molecule has 1 saturated carbocycles. The lowest BCUT2D eigenvalue weighted by molar-refractivity contribution is -0.179. The summed E-state index contributed by atoms with van der Waals surface area (Å²) in [6.07, 6.45) is 14.5. The van der Waals surface area contributed by atoms with Crippen LogP contribution in [0.4, 0.5) is 0 Å². The highest BCUT2D eigenvalue weighted by atomic mass is 16.6. The summed E-state index contributed by atoms with van der Waals surface area (Å²) in [6.45, 7) is 19.9. The molecule has 5 heteroatoms. The fraction of sp³-hybridized carbons (Fsp3) is 0.969. The second-order valence-electron chi connectivity index (χ2n) is 14.9. The van der Waals surface area contributed by atoms with Gasteiger partial charge in [-0.15, -0.1) is 0 Å². The van der Waals surface area contributed by atoms with Gasteiger partial charge in [-0.1, -0.05) is 79.6 Å². The Morgan fingerprint density at radius 2 is 1.22 bits per heavy atom. The predicted molar refractivity (Wildman–Crippen MR) is 156 cm³/mol. The summed E-state index contributed by atoms with van der Waals surface area (Å²) in [5.41, 5.74) is -1.74. The van der Waals surface area contributed by atoms with E-state index >= 15 is 0 Å². The third-order valence-corrected chi connectivity index (χ3v) is 7.92. The molecule has 2 N–H and O–H groups in total. The molecule has 1 aliphatic carbocycles. The Labute approximate surface area is 229 Å². The summed E-state index contributed by atoms with van der Waals surface area (Å²) < 4.78 is 7.15. The Morgan fingerprint density at radius 3 is 1.62 bits per heavy atom. The van der Waals surface area contributed by atoms with Crippen molar-refractivity contribution in [3.63, 3.8) is 0 Å². The molecule has 2 spiro atoms. The maximum atomic E-state index is 14.3. The lowest BCUT2D eigenvalue weighted by Gasteiger charge is -2.50. The maximum absolute atomic E-state index is 14.3. The minimum Gasteiger partial charge on any atom is -0.391 e. The smallest absolute Gasteiger partial charge is 0.257 e. The van der Waals surface area contributed by atoms with Crippen LogP contribution in [-0.4, -0.2) is 51.0 Å². The van der Waals surface area contributed by atoms with Crippen LogP contribution >= 0.6 is 0 Å². The number of nitrogens with zero attached hydrogens (tertiary/aromatic N) is 1. The van der Waals surface area contributed by atoms with Gasteiger partial charge >= 0.3 is 0 Å². The molecule has 0 radical (unpaired) electrons. The number of aliphatic hydroxyl groups is 1. The van der Waals surface area contributed by atoms with Crippen molar-refractivity contribution in [3.8, 4) is 0 Å². The molecule has 0 aromatic heterocycles. The van der Waals surface area contributed by atoms with E-state index < -0.39 is 17.4 Å². The molecule has 5 nitrogen and oxygen atoms in total. The highest BCUT2D eigenvalue weighted by Gasteiger charge is 2.64. The first-order valence-corrected chi connectivity index (χ1v) is 15.6. The SMILES string of the molecule is CC(C)C.CC(C)CC(O)CN1C(=O)C2(CC(C)(C)NC(C)(C)C2)OC12CCCCCCCCCCC2. The standard InChI is InChI=1S/C28H52N2O3.C4H10/c1-22(2)18-23(31)19-30-24(32)27(20-25(3,4)29-26(5,6)21-27)33-28(30)16-14-12-10-8-7-9-11-13-15-17-28;1-4(2)3/h22-23,29,31H,7-21H2,1-6H3;4H,1-3H3. The van der Waals surface area contributed by atoms with Gasteiger partial charge in [-0.3, -0.25) is 4.79 Å². The van der Waals surface area contributed by atoms with E-state index in [9.17, 15) is 9.90 Å². The second kappa shape index (κ2) is 13.6. The molecule has 1 unspecified atom stereocenters. The van der Waals surface area contributed by atoms with Gasteiger partial charge in [-0.05, 0) is 71.6 Å². The number of hydrogen-bond acceptors (Lipinski definition) is 4. The number of carbonyl (C=O) groups excluding carboxylic acids is 1. The van der Waals surface area contributed by atoms with Crippen molar-refractivity contribution in [2.45, 2.75) is 181 Å². The Bertz CT molecular complexity index is 669. The largest absolute Gasteiger partial charge is 0.391 e. The van der Waals surface area contributed by atoms with Crippen LogP contribution in [0.2, 0.25) is 0 Å². The van der Waals surface area contributed by atoms with E-state index in [1.165, 1.54) is 44.9 Å². The van der Waals surface area contributed by atoms with Gasteiger partial charge < -0.3 is 20.1 Å². The van der Waals surface area contributed by atoms with Crippen LogP contribution in [-0.2, 0) is 9.53 Å². The zero-order valence-corrected chi connectivity index (χ0v) is 26.0. The summed E-state index contributed by atoms with van der Waals surface area (Å²) in [5, 5.41) is 14.7. The van der Waals surface area contributed by atoms with Crippen molar-refractivity contribution in [1.82, 2.24) is 10.2 Å². The molecule has 2 aliphatic heterocycles. The van der Waals surface area contributed by atoms with Crippen LogP contribution in [0.25, 0.3) is 0 Å². The summed E-state index contributed by atoms with van der Waals surface area (Å²) in [7, 11) is 0. The van der Waals surface area contributed by atoms with Gasteiger partial charge in [0, 0.05) is 30.5 Å². The fourth-order valence-electron chi connectivity index (χ4n) is 7.23. The van der Waals surface area contributed by atoms with Gasteiger partial charge in [0.15, 0.2) is 5.60 Å². The molecule has 3 fully saturated rings. The molecule has 218 valence electrons. The molecular weight excluding hydrogens is 460 g/mol. The summed E-state index contributed by atoms with van der Waals surface area (Å²) >= 11 is 0. The third kappa shape index (κ3) is 9.80. The maximum Gasteiger partial charge on any atom is 0.257 e. The minimum atomic E-state index is -0.799. The number of nitrogens with one attached hydrogen (secondary N) is 1. The van der Waals surface area contributed by atoms with Crippen LogP contribution in [0.3, 0.4) is 0 Å². The minimum absolute atomic E-state index is 0.125. The quantitative estimate of drug-likeness (QED) is 0.399. The monoisotopic (exact) mass is 522 g/mol. The van der Waals surface area contributed by atoms with Gasteiger partial charge in [0.25, 0.3) is 5.91 Å². The number of ether oxygens (including phenoxy) is 1. The summed E-state index contributed by atoms with van der Waals surface area (Å²) in [5.74, 6) is 1.36. The molecule has 0 aromatic rings. The van der Waals surface area contributed by atoms with Gasteiger partial charge in [0.05, 0.1) is 6.10 Å². The zero-order valence-electron chi connectivity index (χ0n) is 26.0. The normalized spacial score (nSPS) is 26.5. The molecule has 3 rings (SSSR count). The van der Waals surface area contributed by atoms with E-state index in [2.05, 4.69) is 67.6 Å². The molecule has 2 heterocycles. The van der Waals surface area contributed by atoms with E-state index in [4.69, 9.17) is 4.74 Å². The number of piperidine rings is 1. The predicted octanol–water partition coefficient (Wildman–Crippen LogP) is 7.59. The van der Waals surface area contributed by atoms with E-state index in [0.717, 1.165) is 31.6 Å². The number of β-amino-alcohol motifs (C(OH)–C–C–N with tert-alkyl or cyclic N) is 1. The third-order valence-electron chi connectivity index (χ3n) is 7.92. The van der Waals surface area contributed by atoms with E-state index in [1.54, 1.807) is 0 Å². The van der Waals surface area contributed by atoms with Gasteiger partial charge in [-0.2, -0.15) is 0 Å². The van der Waals surface area contributed by atoms with Crippen LogP contribution < -0.4 is 5.32 Å². The topological polar surface area (TPSA) is 61.8 Å². The fourth-order valence-corrected chi connectivity index (χ4v) is 7.23. The van der Waals surface area contributed by atoms with Crippen LogP contribution in [0.15, 0.2) is 0 Å². The van der Waals surface area contributed by atoms with Crippen molar-refractivity contribution in [2.75, 3.05) is 6.54 Å². The lowest BCUT2D eigenvalue weighted by atomic mass is 9.72. The van der Waals surface area contributed by atoms with Crippen molar-refractivity contribution in [1.29, 1.82) is 0 Å². The number of hydrogen-bond donors (Lipinski definition) is 2. The van der Waals surface area contributed by atoms with Crippen LogP contribution in [0.1, 0.15) is 152 Å². The Hall–Kier alpha value is -0.650. The van der Waals surface area contributed by atoms with Crippen molar-refractivity contribution >= 4 is 5.91 Å². The summed E-state index contributed by atoms with van der Waals surface area (Å²) in [4.78, 5) is 16.3. The van der Waals surface area contributed by atoms with Gasteiger partial charge in [0.1, 0.15) is 5.72 Å². The highest BCUT2D eigenvalue weighted by molar-refractivity contribution is 5.88. The van der Waals surface area contributed by atoms with E-state index in [-0.39, 0.29) is 17.0 Å². The van der Waals surface area contributed by atoms with Crippen molar-refractivity contribution in [2.24, 2.45) is 11.8 Å². The average Bonchev–Trinajstić information content (AvgIpc) is 2.89. The van der Waals surface area contributed by atoms with Crippen LogP contribution in [0, 0.1) is 11.8 Å². The first-order valence-electron chi connectivity index (χ1n) is 15.6. The van der Waals surface area contributed by atoms with Crippen molar-refractivity contribution in [3.05, 3.63) is 0 Å². The molecule has 0 aromatic carbocycles. The molecule has 0 bridgehead atoms. The first kappa shape index (κ1) is 32.6. The number of rotatable bonds is 4. The van der Waals surface area contributed by atoms with Crippen LogP contribution in [0.5, 0.6) is 0 Å². The van der Waals surface area contributed by atoms with E-state index in [1.807, 2.05) is 4.90 Å². The van der Waals surface area contributed by atoms with E-state index in [0.29, 0.717) is 31.7 Å². The van der Waals surface area contributed by atoms with Gasteiger partial charge in [-0.25, -0.2) is 0 Å². The highest BCUT2D eigenvalue weighted by Crippen LogP contribution is 2.51. The molecule has 2 saturated heterocycles. The molecular formula is C32H62N2O3. The number of aliphatic hydroxyl groups excluding tert-OH is 1. The number of carbonyl (C=O) groups is 1.